The maximum absolute atomic E-state index is 4.39. The van der Waals surface area contributed by atoms with Crippen LogP contribution < -0.4 is 0 Å². The molecule has 1 unspecified atom stereocenters. The first kappa shape index (κ1) is 10.1. The molecule has 0 saturated heterocycles. The topological polar surface area (TPSA) is 12.9 Å². The molecule has 0 N–H and O–H groups in total. The SMILES string of the molecule is CC[N+]1(Cc2ccccn2)C=CC=CC1. The van der Waals surface area contributed by atoms with Crippen molar-refractivity contribution in [3.05, 3.63) is 54.5 Å². The fraction of sp³-hybridized carbons (Fsp3) is 0.308. The van der Waals surface area contributed by atoms with Crippen LogP contribution in [0.3, 0.4) is 0 Å². The van der Waals surface area contributed by atoms with Gasteiger partial charge in [-0.1, -0.05) is 12.1 Å². The van der Waals surface area contributed by atoms with Gasteiger partial charge in [-0.25, -0.2) is 0 Å². The maximum Gasteiger partial charge on any atom is 0.126 e. The molecule has 2 rings (SSSR count). The third kappa shape index (κ3) is 2.34. The van der Waals surface area contributed by atoms with Gasteiger partial charge in [0.2, 0.25) is 0 Å². The zero-order valence-corrected chi connectivity index (χ0v) is 9.13. The van der Waals surface area contributed by atoms with E-state index in [1.54, 1.807) is 0 Å². The van der Waals surface area contributed by atoms with E-state index >= 15 is 0 Å². The van der Waals surface area contributed by atoms with Crippen molar-refractivity contribution in [1.82, 2.24) is 4.98 Å². The summed E-state index contributed by atoms with van der Waals surface area (Å²) in [5.41, 5.74) is 1.17. The second-order valence-corrected chi connectivity index (χ2v) is 3.97. The second kappa shape index (κ2) is 4.41. The van der Waals surface area contributed by atoms with Gasteiger partial charge < -0.3 is 0 Å². The molecule has 0 spiro atoms. The summed E-state index contributed by atoms with van der Waals surface area (Å²) in [6.45, 7) is 5.39. The number of aromatic nitrogens is 1. The Morgan fingerprint density at radius 3 is 2.87 bits per heavy atom. The molecule has 1 atom stereocenters. The molecule has 1 aliphatic heterocycles. The van der Waals surface area contributed by atoms with E-state index in [1.165, 1.54) is 5.69 Å². The predicted molar refractivity (Wildman–Crippen MR) is 61.9 cm³/mol. The van der Waals surface area contributed by atoms with Gasteiger partial charge in [0.25, 0.3) is 0 Å². The van der Waals surface area contributed by atoms with E-state index in [9.17, 15) is 0 Å². The summed E-state index contributed by atoms with van der Waals surface area (Å²) in [6.07, 6.45) is 10.6. The summed E-state index contributed by atoms with van der Waals surface area (Å²) in [5.74, 6) is 0. The minimum Gasteiger partial charge on any atom is -0.289 e. The summed E-state index contributed by atoms with van der Waals surface area (Å²) in [6, 6.07) is 6.12. The van der Waals surface area contributed by atoms with E-state index in [0.717, 1.165) is 24.1 Å². The highest BCUT2D eigenvalue weighted by molar-refractivity contribution is 5.06. The van der Waals surface area contributed by atoms with Gasteiger partial charge in [0.05, 0.1) is 18.4 Å². The minimum atomic E-state index is 0.980. The summed E-state index contributed by atoms with van der Waals surface area (Å²) in [5, 5.41) is 0. The van der Waals surface area contributed by atoms with Crippen LogP contribution in [0.4, 0.5) is 0 Å². The predicted octanol–water partition coefficient (Wildman–Crippen LogP) is 2.50. The lowest BCUT2D eigenvalue weighted by atomic mass is 10.2. The number of nitrogens with zero attached hydrogens (tertiary/aromatic N) is 2. The molecule has 0 aromatic carbocycles. The Balaban J connectivity index is 2.15. The maximum atomic E-state index is 4.39. The van der Waals surface area contributed by atoms with Crippen molar-refractivity contribution in [2.75, 3.05) is 13.1 Å². The Kier molecular flexibility index (Phi) is 2.97. The third-order valence-electron chi connectivity index (χ3n) is 2.95. The smallest absolute Gasteiger partial charge is 0.126 e. The van der Waals surface area contributed by atoms with Crippen LogP contribution in [-0.2, 0) is 6.54 Å². The lowest BCUT2D eigenvalue weighted by Gasteiger charge is -2.33. The van der Waals surface area contributed by atoms with Crippen LogP contribution in [0.1, 0.15) is 12.6 Å². The van der Waals surface area contributed by atoms with Gasteiger partial charge in [-0.2, -0.15) is 0 Å². The van der Waals surface area contributed by atoms with Crippen LogP contribution in [0, 0.1) is 0 Å². The molecule has 0 saturated carbocycles. The molecule has 1 aromatic heterocycles. The van der Waals surface area contributed by atoms with Crippen molar-refractivity contribution in [2.24, 2.45) is 0 Å². The van der Waals surface area contributed by atoms with Gasteiger partial charge >= 0.3 is 0 Å². The van der Waals surface area contributed by atoms with Crippen LogP contribution in [-0.4, -0.2) is 22.6 Å². The Bertz CT molecular complexity index is 367. The fourth-order valence-corrected chi connectivity index (χ4v) is 1.92. The zero-order chi connectivity index (χ0) is 10.6. The molecule has 1 aromatic rings. The van der Waals surface area contributed by atoms with Gasteiger partial charge in [-0.3, -0.25) is 9.47 Å². The van der Waals surface area contributed by atoms with Gasteiger partial charge in [-0.05, 0) is 31.2 Å². The van der Waals surface area contributed by atoms with Crippen LogP contribution >= 0.6 is 0 Å². The van der Waals surface area contributed by atoms with Crippen molar-refractivity contribution < 1.29 is 4.48 Å². The zero-order valence-electron chi connectivity index (χ0n) is 9.13. The number of allylic oxidation sites excluding steroid dienone is 2. The fourth-order valence-electron chi connectivity index (χ4n) is 1.92. The highest BCUT2D eigenvalue weighted by Gasteiger charge is 2.23. The average Bonchev–Trinajstić information content (AvgIpc) is 2.32. The van der Waals surface area contributed by atoms with E-state index in [0.29, 0.717) is 0 Å². The van der Waals surface area contributed by atoms with Crippen molar-refractivity contribution >= 4 is 0 Å². The lowest BCUT2D eigenvalue weighted by Crippen LogP contribution is -2.42. The quantitative estimate of drug-likeness (QED) is 0.685. The summed E-state index contributed by atoms with van der Waals surface area (Å²) < 4.78 is 0.980. The highest BCUT2D eigenvalue weighted by Crippen LogP contribution is 2.16. The number of hydrogen-bond acceptors (Lipinski definition) is 1. The van der Waals surface area contributed by atoms with E-state index in [4.69, 9.17) is 0 Å². The van der Waals surface area contributed by atoms with Gasteiger partial charge in [0.1, 0.15) is 13.1 Å². The summed E-state index contributed by atoms with van der Waals surface area (Å²) >= 11 is 0. The number of rotatable bonds is 3. The first-order valence-electron chi connectivity index (χ1n) is 5.45. The first-order chi connectivity index (χ1) is 7.35. The van der Waals surface area contributed by atoms with Crippen molar-refractivity contribution in [3.63, 3.8) is 0 Å². The molecule has 0 bridgehead atoms. The van der Waals surface area contributed by atoms with Crippen molar-refractivity contribution in [1.29, 1.82) is 0 Å². The molecule has 0 amide bonds. The molecular formula is C13H17N2+. The second-order valence-electron chi connectivity index (χ2n) is 3.97. The number of quaternary nitrogens is 1. The minimum absolute atomic E-state index is 0.980. The molecule has 2 heterocycles. The normalized spacial score (nSPS) is 24.3. The average molecular weight is 201 g/mol. The highest BCUT2D eigenvalue weighted by atomic mass is 15.3. The summed E-state index contributed by atoms with van der Waals surface area (Å²) in [4.78, 5) is 4.39. The Labute approximate surface area is 91.2 Å². The van der Waals surface area contributed by atoms with E-state index in [1.807, 2.05) is 12.3 Å². The molecule has 0 fully saturated rings. The molecule has 2 nitrogen and oxygen atoms in total. The van der Waals surface area contributed by atoms with Crippen LogP contribution in [0.5, 0.6) is 0 Å². The van der Waals surface area contributed by atoms with Crippen molar-refractivity contribution in [2.45, 2.75) is 13.5 Å². The van der Waals surface area contributed by atoms with Crippen LogP contribution in [0.25, 0.3) is 0 Å². The number of pyridine rings is 1. The molecule has 0 radical (unpaired) electrons. The molecule has 1 aliphatic rings. The van der Waals surface area contributed by atoms with Crippen LogP contribution in [0.2, 0.25) is 0 Å². The Hall–Kier alpha value is -1.41. The first-order valence-corrected chi connectivity index (χ1v) is 5.45. The van der Waals surface area contributed by atoms with Gasteiger partial charge in [0.15, 0.2) is 0 Å². The number of hydrogen-bond donors (Lipinski definition) is 0. The lowest BCUT2D eigenvalue weighted by molar-refractivity contribution is -0.886. The van der Waals surface area contributed by atoms with Crippen LogP contribution in [0.15, 0.2) is 48.8 Å². The molecule has 15 heavy (non-hydrogen) atoms. The molecule has 2 heteroatoms. The standard InChI is InChI=1S/C13H17N2/c1-2-15(10-6-3-7-11-15)12-13-8-4-5-9-14-13/h3-10H,2,11-12H2,1H3/q+1. The van der Waals surface area contributed by atoms with Crippen molar-refractivity contribution in [3.8, 4) is 0 Å². The molecule has 0 aliphatic carbocycles. The Morgan fingerprint density at radius 2 is 2.27 bits per heavy atom. The van der Waals surface area contributed by atoms with E-state index in [-0.39, 0.29) is 0 Å². The summed E-state index contributed by atoms with van der Waals surface area (Å²) in [7, 11) is 0. The molecule has 78 valence electrons. The van der Waals surface area contributed by atoms with Gasteiger partial charge in [-0.15, -0.1) is 0 Å². The van der Waals surface area contributed by atoms with Gasteiger partial charge in [0, 0.05) is 6.20 Å². The number of likely N-dealkylation sites (N-methyl/N-ethyl adjacent to an activating group) is 1. The Morgan fingerprint density at radius 1 is 1.33 bits per heavy atom. The molecular weight excluding hydrogens is 184 g/mol. The monoisotopic (exact) mass is 201 g/mol. The van der Waals surface area contributed by atoms with E-state index < -0.39 is 0 Å². The third-order valence-corrected chi connectivity index (χ3v) is 2.95. The largest absolute Gasteiger partial charge is 0.289 e. The van der Waals surface area contributed by atoms with E-state index in [2.05, 4.69) is 48.5 Å².